The Kier molecular flexibility index (Phi) is 5.57. The molecule has 1 heterocycles. The maximum absolute atomic E-state index is 5.89. The fourth-order valence-corrected chi connectivity index (χ4v) is 1.90. The molecule has 0 aliphatic rings. The van der Waals surface area contributed by atoms with Crippen molar-refractivity contribution in [2.45, 2.75) is 26.5 Å². The summed E-state index contributed by atoms with van der Waals surface area (Å²) < 4.78 is 13.4. The molecule has 0 atom stereocenters. The summed E-state index contributed by atoms with van der Waals surface area (Å²) in [5.41, 5.74) is 1.09. The Morgan fingerprint density at radius 1 is 1.29 bits per heavy atom. The fourth-order valence-electron chi connectivity index (χ4n) is 1.90. The van der Waals surface area contributed by atoms with Gasteiger partial charge in [0.05, 0.1) is 6.61 Å². The third kappa shape index (κ3) is 4.19. The minimum atomic E-state index is 0.379. The molecule has 2 rings (SSSR count). The van der Waals surface area contributed by atoms with Crippen LogP contribution in [-0.2, 0) is 20.2 Å². The lowest BCUT2D eigenvalue weighted by molar-refractivity contribution is 0.281. The molecule has 0 aliphatic carbocycles. The molecular formula is C15H22N4O2. The minimum absolute atomic E-state index is 0.379. The van der Waals surface area contributed by atoms with Gasteiger partial charge in [0.25, 0.3) is 0 Å². The summed E-state index contributed by atoms with van der Waals surface area (Å²) in [6.07, 6.45) is 2.64. The first-order valence-corrected chi connectivity index (χ1v) is 7.10. The van der Waals surface area contributed by atoms with E-state index in [-0.39, 0.29) is 0 Å². The van der Waals surface area contributed by atoms with Gasteiger partial charge >= 0.3 is 0 Å². The first-order valence-electron chi connectivity index (χ1n) is 7.10. The SMILES string of the molecule is CCCOc1ccc(CNC)c(OCc2nncn2C)c1. The van der Waals surface area contributed by atoms with Gasteiger partial charge in [-0.1, -0.05) is 13.0 Å². The van der Waals surface area contributed by atoms with E-state index in [0.29, 0.717) is 13.2 Å². The second-order valence-corrected chi connectivity index (χ2v) is 4.80. The van der Waals surface area contributed by atoms with E-state index in [0.717, 1.165) is 35.9 Å². The quantitative estimate of drug-likeness (QED) is 0.804. The molecule has 1 aromatic carbocycles. The van der Waals surface area contributed by atoms with E-state index < -0.39 is 0 Å². The van der Waals surface area contributed by atoms with Crippen LogP contribution in [0.1, 0.15) is 24.7 Å². The summed E-state index contributed by atoms with van der Waals surface area (Å²) in [7, 11) is 3.81. The molecule has 21 heavy (non-hydrogen) atoms. The molecule has 2 aromatic rings. The van der Waals surface area contributed by atoms with Crippen LogP contribution in [0.2, 0.25) is 0 Å². The molecule has 0 radical (unpaired) electrons. The second-order valence-electron chi connectivity index (χ2n) is 4.80. The second kappa shape index (κ2) is 7.64. The van der Waals surface area contributed by atoms with Gasteiger partial charge in [0.1, 0.15) is 24.4 Å². The van der Waals surface area contributed by atoms with Crippen molar-refractivity contribution in [2.75, 3.05) is 13.7 Å². The lowest BCUT2D eigenvalue weighted by Gasteiger charge is -2.13. The molecule has 0 aliphatic heterocycles. The van der Waals surface area contributed by atoms with Gasteiger partial charge in [-0.2, -0.15) is 0 Å². The zero-order valence-electron chi connectivity index (χ0n) is 12.8. The standard InChI is InChI=1S/C15H22N4O2/c1-4-7-20-13-6-5-12(9-16-2)14(8-13)21-10-15-18-17-11-19(15)3/h5-6,8,11,16H,4,7,9-10H2,1-3H3. The molecule has 0 bridgehead atoms. The zero-order valence-corrected chi connectivity index (χ0v) is 12.8. The Labute approximate surface area is 125 Å². The number of aryl methyl sites for hydroxylation is 1. The maximum atomic E-state index is 5.89. The van der Waals surface area contributed by atoms with E-state index in [9.17, 15) is 0 Å². The van der Waals surface area contributed by atoms with Crippen LogP contribution in [0.4, 0.5) is 0 Å². The van der Waals surface area contributed by atoms with Crippen molar-refractivity contribution in [1.82, 2.24) is 20.1 Å². The van der Waals surface area contributed by atoms with Crippen LogP contribution in [0.25, 0.3) is 0 Å². The highest BCUT2D eigenvalue weighted by Crippen LogP contribution is 2.26. The van der Waals surface area contributed by atoms with E-state index in [4.69, 9.17) is 9.47 Å². The summed E-state index contributed by atoms with van der Waals surface area (Å²) in [5, 5.41) is 11.0. The molecular weight excluding hydrogens is 268 g/mol. The largest absolute Gasteiger partial charge is 0.493 e. The molecule has 0 unspecified atom stereocenters. The van der Waals surface area contributed by atoms with Crippen LogP contribution >= 0.6 is 0 Å². The average Bonchev–Trinajstić information content (AvgIpc) is 2.90. The third-order valence-corrected chi connectivity index (χ3v) is 3.04. The van der Waals surface area contributed by atoms with E-state index in [1.165, 1.54) is 0 Å². The highest BCUT2D eigenvalue weighted by Gasteiger charge is 2.08. The number of benzene rings is 1. The predicted octanol–water partition coefficient (Wildman–Crippen LogP) is 1.90. The third-order valence-electron chi connectivity index (χ3n) is 3.04. The number of ether oxygens (including phenoxy) is 2. The van der Waals surface area contributed by atoms with Gasteiger partial charge < -0.3 is 19.4 Å². The molecule has 0 saturated carbocycles. The summed E-state index contributed by atoms with van der Waals surface area (Å²) in [6, 6.07) is 5.92. The van der Waals surface area contributed by atoms with Crippen molar-refractivity contribution in [3.63, 3.8) is 0 Å². The number of nitrogens with zero attached hydrogens (tertiary/aromatic N) is 3. The van der Waals surface area contributed by atoms with Gasteiger partial charge in [0.15, 0.2) is 5.82 Å². The van der Waals surface area contributed by atoms with Crippen LogP contribution in [0.5, 0.6) is 11.5 Å². The van der Waals surface area contributed by atoms with E-state index in [2.05, 4.69) is 22.4 Å². The molecule has 0 saturated heterocycles. The average molecular weight is 290 g/mol. The van der Waals surface area contributed by atoms with Gasteiger partial charge in [-0.15, -0.1) is 10.2 Å². The molecule has 1 aromatic heterocycles. The van der Waals surface area contributed by atoms with Gasteiger partial charge in [0.2, 0.25) is 0 Å². The topological polar surface area (TPSA) is 61.2 Å². The minimum Gasteiger partial charge on any atom is -0.493 e. The Morgan fingerprint density at radius 2 is 2.14 bits per heavy atom. The smallest absolute Gasteiger partial charge is 0.170 e. The summed E-state index contributed by atoms with van der Waals surface area (Å²) in [4.78, 5) is 0. The molecule has 6 nitrogen and oxygen atoms in total. The summed E-state index contributed by atoms with van der Waals surface area (Å²) in [5.74, 6) is 2.41. The van der Waals surface area contributed by atoms with Crippen LogP contribution in [0.3, 0.4) is 0 Å². The van der Waals surface area contributed by atoms with Crippen LogP contribution in [0.15, 0.2) is 24.5 Å². The van der Waals surface area contributed by atoms with Gasteiger partial charge in [-0.05, 0) is 19.5 Å². The Hall–Kier alpha value is -2.08. The highest BCUT2D eigenvalue weighted by molar-refractivity contribution is 5.40. The number of hydrogen-bond donors (Lipinski definition) is 1. The molecule has 0 amide bonds. The van der Waals surface area contributed by atoms with Crippen molar-refractivity contribution < 1.29 is 9.47 Å². The summed E-state index contributed by atoms with van der Waals surface area (Å²) >= 11 is 0. The fraction of sp³-hybridized carbons (Fsp3) is 0.467. The monoisotopic (exact) mass is 290 g/mol. The van der Waals surface area contributed by atoms with Crippen LogP contribution < -0.4 is 14.8 Å². The number of aromatic nitrogens is 3. The number of nitrogens with one attached hydrogen (secondary N) is 1. The highest BCUT2D eigenvalue weighted by atomic mass is 16.5. The Balaban J connectivity index is 2.11. The summed E-state index contributed by atoms with van der Waals surface area (Å²) in [6.45, 7) is 3.90. The molecule has 0 fully saturated rings. The number of hydrogen-bond acceptors (Lipinski definition) is 5. The van der Waals surface area contributed by atoms with Crippen molar-refractivity contribution >= 4 is 0 Å². The Morgan fingerprint density at radius 3 is 2.81 bits per heavy atom. The predicted molar refractivity (Wildman–Crippen MR) is 80.3 cm³/mol. The molecule has 114 valence electrons. The van der Waals surface area contributed by atoms with Crippen LogP contribution in [-0.4, -0.2) is 28.4 Å². The zero-order chi connectivity index (χ0) is 15.1. The number of rotatable bonds is 8. The van der Waals surface area contributed by atoms with Gasteiger partial charge in [0, 0.05) is 25.2 Å². The van der Waals surface area contributed by atoms with Crippen molar-refractivity contribution in [1.29, 1.82) is 0 Å². The lowest BCUT2D eigenvalue weighted by Crippen LogP contribution is -2.09. The maximum Gasteiger partial charge on any atom is 0.170 e. The normalized spacial score (nSPS) is 10.6. The van der Waals surface area contributed by atoms with Crippen molar-refractivity contribution in [3.05, 3.63) is 35.9 Å². The first-order chi connectivity index (χ1) is 10.2. The van der Waals surface area contributed by atoms with E-state index in [1.807, 2.05) is 36.9 Å². The van der Waals surface area contributed by atoms with Crippen molar-refractivity contribution in [2.24, 2.45) is 7.05 Å². The molecule has 1 N–H and O–H groups in total. The van der Waals surface area contributed by atoms with Gasteiger partial charge in [-0.25, -0.2) is 0 Å². The van der Waals surface area contributed by atoms with Crippen LogP contribution in [0, 0.1) is 0 Å². The van der Waals surface area contributed by atoms with Crippen molar-refractivity contribution in [3.8, 4) is 11.5 Å². The molecule has 6 heteroatoms. The lowest BCUT2D eigenvalue weighted by atomic mass is 10.2. The van der Waals surface area contributed by atoms with E-state index >= 15 is 0 Å². The first kappa shape index (κ1) is 15.3. The Bertz CT molecular complexity index is 569. The van der Waals surface area contributed by atoms with Gasteiger partial charge in [-0.3, -0.25) is 0 Å². The molecule has 0 spiro atoms. The van der Waals surface area contributed by atoms with E-state index in [1.54, 1.807) is 6.33 Å².